The molecular weight excluding hydrogens is 381 g/mol. The zero-order chi connectivity index (χ0) is 19.2. The quantitative estimate of drug-likeness (QED) is 0.776. The number of carbonyl (C=O) groups excluding carboxylic acids is 2. The van der Waals surface area contributed by atoms with Crippen molar-refractivity contribution in [3.63, 3.8) is 0 Å². The van der Waals surface area contributed by atoms with Crippen LogP contribution in [-0.2, 0) is 14.3 Å². The fourth-order valence-electron chi connectivity index (χ4n) is 3.01. The number of amides is 1. The van der Waals surface area contributed by atoms with Crippen LogP contribution in [0.3, 0.4) is 0 Å². The Bertz CT molecular complexity index is 917. The highest BCUT2D eigenvalue weighted by molar-refractivity contribution is 8.04. The molecule has 0 aliphatic carbocycles. The monoisotopic (exact) mass is 393 g/mol. The average Bonchev–Trinajstić information content (AvgIpc) is 2.89. The molecule has 2 aliphatic heterocycles. The molecule has 0 aromatic heterocycles. The molecule has 1 aromatic rings. The summed E-state index contributed by atoms with van der Waals surface area (Å²) in [6.45, 7) is 1.65. The third-order valence-corrected chi connectivity index (χ3v) is 5.71. The number of esters is 1. The SMILES string of the molecule is COC(=O)C1=C2SC(C)C(=O)N2C(N)=C(C#N)C1c1c(F)cccc1Cl. The van der Waals surface area contributed by atoms with Gasteiger partial charge in [0.1, 0.15) is 11.6 Å². The van der Waals surface area contributed by atoms with Crippen LogP contribution in [0.5, 0.6) is 0 Å². The van der Waals surface area contributed by atoms with E-state index in [1.807, 2.05) is 6.07 Å². The van der Waals surface area contributed by atoms with Crippen LogP contribution in [0.2, 0.25) is 5.02 Å². The van der Waals surface area contributed by atoms with Crippen LogP contribution in [0.25, 0.3) is 0 Å². The fourth-order valence-corrected chi connectivity index (χ4v) is 4.45. The maximum Gasteiger partial charge on any atom is 0.337 e. The smallest absolute Gasteiger partial charge is 0.337 e. The van der Waals surface area contributed by atoms with Gasteiger partial charge in [0.15, 0.2) is 0 Å². The summed E-state index contributed by atoms with van der Waals surface area (Å²) in [5.41, 5.74) is 5.83. The van der Waals surface area contributed by atoms with Crippen LogP contribution < -0.4 is 5.73 Å². The molecule has 0 spiro atoms. The zero-order valence-corrected chi connectivity index (χ0v) is 15.3. The van der Waals surface area contributed by atoms with Gasteiger partial charge in [0.05, 0.1) is 40.5 Å². The van der Waals surface area contributed by atoms with E-state index in [0.29, 0.717) is 0 Å². The number of hydrogen-bond donors (Lipinski definition) is 1. The van der Waals surface area contributed by atoms with Crippen molar-refractivity contribution in [2.24, 2.45) is 5.73 Å². The van der Waals surface area contributed by atoms with Gasteiger partial charge in [0.25, 0.3) is 0 Å². The van der Waals surface area contributed by atoms with Gasteiger partial charge in [-0.3, -0.25) is 9.69 Å². The predicted molar refractivity (Wildman–Crippen MR) is 93.9 cm³/mol. The Kier molecular flexibility index (Phi) is 4.69. The second kappa shape index (κ2) is 6.67. The summed E-state index contributed by atoms with van der Waals surface area (Å²) in [5.74, 6) is -3.15. The molecule has 0 radical (unpaired) electrons. The number of fused-ring (bicyclic) bond motifs is 1. The van der Waals surface area contributed by atoms with Crippen LogP contribution in [-0.4, -0.2) is 29.1 Å². The van der Waals surface area contributed by atoms with Crippen LogP contribution in [0.15, 0.2) is 40.2 Å². The van der Waals surface area contributed by atoms with Gasteiger partial charge in [0.2, 0.25) is 5.91 Å². The first-order chi connectivity index (χ1) is 12.3. The minimum atomic E-state index is -1.17. The van der Waals surface area contributed by atoms with Gasteiger partial charge in [0, 0.05) is 10.6 Å². The summed E-state index contributed by atoms with van der Waals surface area (Å²) in [7, 11) is 1.17. The van der Waals surface area contributed by atoms with Gasteiger partial charge in [-0.05, 0) is 19.1 Å². The Morgan fingerprint density at radius 3 is 2.77 bits per heavy atom. The number of nitriles is 1. The summed E-state index contributed by atoms with van der Waals surface area (Å²) < 4.78 is 19.4. The van der Waals surface area contributed by atoms with Crippen molar-refractivity contribution in [2.75, 3.05) is 7.11 Å². The molecule has 0 saturated carbocycles. The van der Waals surface area contributed by atoms with E-state index in [1.54, 1.807) is 6.92 Å². The first kappa shape index (κ1) is 18.3. The van der Waals surface area contributed by atoms with Gasteiger partial charge in [-0.1, -0.05) is 29.4 Å². The molecule has 2 N–H and O–H groups in total. The number of hydrogen-bond acceptors (Lipinski definition) is 6. The second-order valence-electron chi connectivity index (χ2n) is 5.62. The Hall–Kier alpha value is -2.50. The third kappa shape index (κ3) is 2.55. The lowest BCUT2D eigenvalue weighted by molar-refractivity contribution is -0.136. The van der Waals surface area contributed by atoms with Crippen molar-refractivity contribution in [2.45, 2.75) is 18.1 Å². The number of benzene rings is 1. The number of rotatable bonds is 2. The van der Waals surface area contributed by atoms with E-state index >= 15 is 0 Å². The van der Waals surface area contributed by atoms with Gasteiger partial charge in [-0.15, -0.1) is 0 Å². The minimum Gasteiger partial charge on any atom is -0.466 e. The minimum absolute atomic E-state index is 0.0343. The van der Waals surface area contributed by atoms with E-state index in [2.05, 4.69) is 0 Å². The number of carbonyl (C=O) groups is 2. The summed E-state index contributed by atoms with van der Waals surface area (Å²) in [6, 6.07) is 5.94. The molecular formula is C17H13ClFN3O3S. The van der Waals surface area contributed by atoms with E-state index in [0.717, 1.165) is 16.7 Å². The fraction of sp³-hybridized carbons (Fsp3) is 0.235. The molecule has 2 atom stereocenters. The highest BCUT2D eigenvalue weighted by Gasteiger charge is 2.48. The number of nitrogens with two attached hydrogens (primary N) is 1. The van der Waals surface area contributed by atoms with Gasteiger partial charge < -0.3 is 10.5 Å². The van der Waals surface area contributed by atoms with Crippen molar-refractivity contribution >= 4 is 35.2 Å². The maximum absolute atomic E-state index is 14.6. The zero-order valence-electron chi connectivity index (χ0n) is 13.7. The van der Waals surface area contributed by atoms with E-state index in [1.165, 1.54) is 25.3 Å². The molecule has 6 nitrogen and oxygen atoms in total. The molecule has 2 aliphatic rings. The molecule has 1 fully saturated rings. The summed E-state index contributed by atoms with van der Waals surface area (Å²) in [5, 5.41) is 9.40. The van der Waals surface area contributed by atoms with Gasteiger partial charge >= 0.3 is 5.97 Å². The van der Waals surface area contributed by atoms with E-state index in [-0.39, 0.29) is 38.5 Å². The Balaban J connectivity index is 2.37. The standard InChI is InChI=1S/C17H13ClFN3O3S/c1-7-15(23)22-14(21)8(6-20)11(12-9(18)4-3-5-10(12)19)13(16(22)26-7)17(24)25-2/h3-5,7,11H,21H2,1-2H3. The number of thioether (sulfide) groups is 1. The van der Waals surface area contributed by atoms with Crippen molar-refractivity contribution in [1.29, 1.82) is 5.26 Å². The molecule has 26 heavy (non-hydrogen) atoms. The highest BCUT2D eigenvalue weighted by atomic mass is 35.5. The first-order valence-corrected chi connectivity index (χ1v) is 8.76. The number of nitrogens with zero attached hydrogens (tertiary/aromatic N) is 2. The maximum atomic E-state index is 14.6. The molecule has 3 rings (SSSR count). The average molecular weight is 394 g/mol. The van der Waals surface area contributed by atoms with Crippen LogP contribution >= 0.6 is 23.4 Å². The van der Waals surface area contributed by atoms with Crippen LogP contribution in [0.4, 0.5) is 4.39 Å². The predicted octanol–water partition coefficient (Wildman–Crippen LogP) is 2.62. The first-order valence-electron chi connectivity index (χ1n) is 7.50. The third-order valence-electron chi connectivity index (χ3n) is 4.20. The van der Waals surface area contributed by atoms with Crippen molar-refractivity contribution in [1.82, 2.24) is 4.90 Å². The molecule has 1 saturated heterocycles. The molecule has 134 valence electrons. The number of methoxy groups -OCH3 is 1. The van der Waals surface area contributed by atoms with Crippen LogP contribution in [0, 0.1) is 17.1 Å². The molecule has 1 aromatic carbocycles. The summed E-state index contributed by atoms with van der Waals surface area (Å²) in [6.07, 6.45) is 0. The van der Waals surface area contributed by atoms with E-state index in [9.17, 15) is 19.2 Å². The lowest BCUT2D eigenvalue weighted by Crippen LogP contribution is -2.38. The molecule has 1 amide bonds. The Morgan fingerprint density at radius 1 is 1.50 bits per heavy atom. The summed E-state index contributed by atoms with van der Waals surface area (Å²) in [4.78, 5) is 26.1. The highest BCUT2D eigenvalue weighted by Crippen LogP contribution is 2.50. The number of allylic oxidation sites excluding steroid dienone is 1. The largest absolute Gasteiger partial charge is 0.466 e. The number of halogens is 2. The lowest BCUT2D eigenvalue weighted by atomic mass is 9.82. The molecule has 2 unspecified atom stereocenters. The van der Waals surface area contributed by atoms with E-state index < -0.39 is 23.0 Å². The number of ether oxygens (including phenoxy) is 1. The Morgan fingerprint density at radius 2 is 2.19 bits per heavy atom. The molecule has 0 bridgehead atoms. The molecule has 9 heteroatoms. The van der Waals surface area contributed by atoms with Gasteiger partial charge in [-0.2, -0.15) is 5.26 Å². The topological polar surface area (TPSA) is 96.4 Å². The second-order valence-corrected chi connectivity index (χ2v) is 7.36. The summed E-state index contributed by atoms with van der Waals surface area (Å²) >= 11 is 7.27. The Labute approximate surface area is 158 Å². The normalized spacial score (nSPS) is 22.4. The van der Waals surface area contributed by atoms with Crippen molar-refractivity contribution in [3.8, 4) is 6.07 Å². The van der Waals surface area contributed by atoms with E-state index in [4.69, 9.17) is 22.1 Å². The lowest BCUT2D eigenvalue weighted by Gasteiger charge is -2.31. The van der Waals surface area contributed by atoms with Crippen molar-refractivity contribution in [3.05, 3.63) is 56.6 Å². The van der Waals surface area contributed by atoms with Crippen LogP contribution in [0.1, 0.15) is 18.4 Å². The van der Waals surface area contributed by atoms with Crippen molar-refractivity contribution < 1.29 is 18.7 Å². The molecule has 2 heterocycles. The van der Waals surface area contributed by atoms with Gasteiger partial charge in [-0.25, -0.2) is 9.18 Å².